The Bertz CT molecular complexity index is 939. The van der Waals surface area contributed by atoms with E-state index in [2.05, 4.69) is 12.1 Å². The van der Waals surface area contributed by atoms with Gasteiger partial charge in [0.05, 0.1) is 0 Å². The van der Waals surface area contributed by atoms with Crippen molar-refractivity contribution < 1.29 is 8.78 Å². The second-order valence-electron chi connectivity index (χ2n) is 5.79. The van der Waals surface area contributed by atoms with Crippen molar-refractivity contribution in [2.45, 2.75) is 6.92 Å². The van der Waals surface area contributed by atoms with E-state index in [4.69, 9.17) is 5.26 Å². The van der Waals surface area contributed by atoms with Gasteiger partial charge in [-0.3, -0.25) is 0 Å². The maximum Gasteiger partial charge on any atom is 0.144 e. The Balaban J connectivity index is 1.83. The number of hydrogen-bond donors (Lipinski definition) is 0. The number of halogens is 2. The second kappa shape index (κ2) is 7.11. The number of nitriles is 1. The lowest BCUT2D eigenvalue weighted by Gasteiger charge is -2.05. The van der Waals surface area contributed by atoms with Gasteiger partial charge in [-0.2, -0.15) is 5.26 Å². The maximum atomic E-state index is 13.7. The molecule has 3 rings (SSSR count). The van der Waals surface area contributed by atoms with Gasteiger partial charge < -0.3 is 0 Å². The average Bonchev–Trinajstić information content (AvgIpc) is 2.61. The summed E-state index contributed by atoms with van der Waals surface area (Å²) in [6.07, 6.45) is 3.99. The SMILES string of the molecule is Cc1ccc(C=Cc2ccc(-c3cc(F)c(C#N)c(F)c3)cc2)cc1. The summed E-state index contributed by atoms with van der Waals surface area (Å²) in [7, 11) is 0. The molecule has 0 saturated carbocycles. The molecule has 1 nitrogen and oxygen atoms in total. The molecule has 3 heteroatoms. The Morgan fingerprint density at radius 3 is 1.72 bits per heavy atom. The molecule has 0 heterocycles. The van der Waals surface area contributed by atoms with Crippen LogP contribution in [0.2, 0.25) is 0 Å². The lowest BCUT2D eigenvalue weighted by molar-refractivity contribution is 0.577. The molecule has 0 amide bonds. The van der Waals surface area contributed by atoms with Gasteiger partial charge in [0.25, 0.3) is 0 Å². The highest BCUT2D eigenvalue weighted by atomic mass is 19.1. The van der Waals surface area contributed by atoms with Crippen LogP contribution in [0.4, 0.5) is 8.78 Å². The molecule has 0 aliphatic rings. The van der Waals surface area contributed by atoms with Crippen molar-refractivity contribution in [2.75, 3.05) is 0 Å². The zero-order chi connectivity index (χ0) is 17.8. The van der Waals surface area contributed by atoms with E-state index in [0.717, 1.165) is 11.1 Å². The van der Waals surface area contributed by atoms with Crippen LogP contribution in [0.1, 0.15) is 22.3 Å². The standard InChI is InChI=1S/C22H15F2N/c1-15-2-4-16(5-3-15)6-7-17-8-10-18(11-9-17)19-12-21(23)20(14-25)22(24)13-19/h2-13H,1H3. The first-order chi connectivity index (χ1) is 12.1. The zero-order valence-electron chi connectivity index (χ0n) is 13.6. The first-order valence-corrected chi connectivity index (χ1v) is 7.81. The van der Waals surface area contributed by atoms with Crippen molar-refractivity contribution in [2.24, 2.45) is 0 Å². The number of hydrogen-bond acceptors (Lipinski definition) is 1. The highest BCUT2D eigenvalue weighted by Crippen LogP contribution is 2.25. The molecular formula is C22H15F2N. The largest absolute Gasteiger partial charge is 0.205 e. The Morgan fingerprint density at radius 1 is 0.760 bits per heavy atom. The monoisotopic (exact) mass is 331 g/mol. The number of aryl methyl sites for hydroxylation is 1. The van der Waals surface area contributed by atoms with E-state index in [1.54, 1.807) is 12.1 Å². The zero-order valence-corrected chi connectivity index (χ0v) is 13.6. The molecule has 122 valence electrons. The van der Waals surface area contributed by atoms with Gasteiger partial charge in [0.15, 0.2) is 0 Å². The molecule has 0 aromatic heterocycles. The third-order valence-corrected chi connectivity index (χ3v) is 3.94. The minimum atomic E-state index is -0.846. The lowest BCUT2D eigenvalue weighted by atomic mass is 10.0. The smallest absolute Gasteiger partial charge is 0.144 e. The van der Waals surface area contributed by atoms with E-state index >= 15 is 0 Å². The van der Waals surface area contributed by atoms with Crippen LogP contribution >= 0.6 is 0 Å². The van der Waals surface area contributed by atoms with Gasteiger partial charge in [0, 0.05) is 0 Å². The van der Waals surface area contributed by atoms with Crippen LogP contribution in [0.5, 0.6) is 0 Å². The molecule has 0 saturated heterocycles. The average molecular weight is 331 g/mol. The van der Waals surface area contributed by atoms with E-state index in [1.165, 1.54) is 23.8 Å². The van der Waals surface area contributed by atoms with Crippen molar-refractivity contribution in [1.29, 1.82) is 5.26 Å². The number of nitrogens with zero attached hydrogens (tertiary/aromatic N) is 1. The summed E-state index contributed by atoms with van der Waals surface area (Å²) in [5, 5.41) is 8.73. The van der Waals surface area contributed by atoms with Gasteiger partial charge in [0.1, 0.15) is 23.3 Å². The Hall–Kier alpha value is -3.25. The molecule has 0 atom stereocenters. The highest BCUT2D eigenvalue weighted by Gasteiger charge is 2.11. The third kappa shape index (κ3) is 3.81. The van der Waals surface area contributed by atoms with Crippen LogP contribution in [0, 0.1) is 29.9 Å². The van der Waals surface area contributed by atoms with Crippen molar-refractivity contribution >= 4 is 12.2 Å². The molecular weight excluding hydrogens is 316 g/mol. The first-order valence-electron chi connectivity index (χ1n) is 7.81. The van der Waals surface area contributed by atoms with E-state index in [-0.39, 0.29) is 0 Å². The lowest BCUT2D eigenvalue weighted by Crippen LogP contribution is -1.91. The topological polar surface area (TPSA) is 23.8 Å². The van der Waals surface area contributed by atoms with Crippen LogP contribution in [0.15, 0.2) is 60.7 Å². The third-order valence-electron chi connectivity index (χ3n) is 3.94. The first kappa shape index (κ1) is 16.6. The van der Waals surface area contributed by atoms with Gasteiger partial charge in [-0.1, -0.05) is 66.2 Å². The van der Waals surface area contributed by atoms with Gasteiger partial charge >= 0.3 is 0 Å². The van der Waals surface area contributed by atoms with Gasteiger partial charge in [0.2, 0.25) is 0 Å². The Labute approximate surface area is 145 Å². The molecule has 0 fully saturated rings. The Kier molecular flexibility index (Phi) is 4.72. The molecule has 0 unspecified atom stereocenters. The second-order valence-corrected chi connectivity index (χ2v) is 5.79. The van der Waals surface area contributed by atoms with Crippen molar-refractivity contribution in [3.8, 4) is 17.2 Å². The fourth-order valence-electron chi connectivity index (χ4n) is 2.50. The summed E-state index contributed by atoms with van der Waals surface area (Å²) in [6, 6.07) is 19.4. The summed E-state index contributed by atoms with van der Waals surface area (Å²) < 4.78 is 27.5. The maximum absolute atomic E-state index is 13.7. The minimum Gasteiger partial charge on any atom is -0.205 e. The number of rotatable bonds is 3. The fraction of sp³-hybridized carbons (Fsp3) is 0.0455. The molecule has 25 heavy (non-hydrogen) atoms. The van der Waals surface area contributed by atoms with Crippen molar-refractivity contribution in [3.05, 3.63) is 94.6 Å². The summed E-state index contributed by atoms with van der Waals surface area (Å²) in [6.45, 7) is 2.04. The van der Waals surface area contributed by atoms with E-state index in [0.29, 0.717) is 11.1 Å². The normalized spacial score (nSPS) is 10.8. The molecule has 0 aliphatic heterocycles. The molecule has 0 aliphatic carbocycles. The fourth-order valence-corrected chi connectivity index (χ4v) is 2.50. The van der Waals surface area contributed by atoms with Crippen molar-refractivity contribution in [1.82, 2.24) is 0 Å². The molecule has 0 spiro atoms. The highest BCUT2D eigenvalue weighted by molar-refractivity contribution is 5.72. The van der Waals surface area contributed by atoms with Crippen LogP contribution in [-0.2, 0) is 0 Å². The predicted molar refractivity (Wildman–Crippen MR) is 96.6 cm³/mol. The van der Waals surface area contributed by atoms with Crippen LogP contribution in [0.3, 0.4) is 0 Å². The van der Waals surface area contributed by atoms with Gasteiger partial charge in [-0.25, -0.2) is 8.78 Å². The summed E-state index contributed by atoms with van der Waals surface area (Å²) in [4.78, 5) is 0. The Morgan fingerprint density at radius 2 is 1.24 bits per heavy atom. The van der Waals surface area contributed by atoms with Gasteiger partial charge in [-0.15, -0.1) is 0 Å². The van der Waals surface area contributed by atoms with Gasteiger partial charge in [-0.05, 0) is 41.3 Å². The van der Waals surface area contributed by atoms with Crippen LogP contribution in [0.25, 0.3) is 23.3 Å². The summed E-state index contributed by atoms with van der Waals surface area (Å²) >= 11 is 0. The van der Waals surface area contributed by atoms with E-state index < -0.39 is 17.2 Å². The molecule has 3 aromatic rings. The quantitative estimate of drug-likeness (QED) is 0.541. The van der Waals surface area contributed by atoms with E-state index in [1.807, 2.05) is 43.3 Å². The summed E-state index contributed by atoms with van der Waals surface area (Å²) in [5.74, 6) is -1.69. The number of benzene rings is 3. The summed E-state index contributed by atoms with van der Waals surface area (Å²) in [5.41, 5.74) is 3.84. The van der Waals surface area contributed by atoms with E-state index in [9.17, 15) is 8.78 Å². The predicted octanol–water partition coefficient (Wildman–Crippen LogP) is 5.98. The van der Waals surface area contributed by atoms with Crippen molar-refractivity contribution in [3.63, 3.8) is 0 Å². The van der Waals surface area contributed by atoms with Crippen LogP contribution < -0.4 is 0 Å². The van der Waals surface area contributed by atoms with Crippen LogP contribution in [-0.4, -0.2) is 0 Å². The molecule has 0 bridgehead atoms. The molecule has 0 N–H and O–H groups in total. The molecule has 3 aromatic carbocycles. The minimum absolute atomic E-state index is 0.406. The molecule has 0 radical (unpaired) electrons.